The number of carbonyl (C=O) groups excluding carboxylic acids is 4. The molecule has 0 aliphatic heterocycles. The molecule has 0 amide bonds. The van der Waals surface area contributed by atoms with E-state index in [0.717, 1.165) is 0 Å². The lowest BCUT2D eigenvalue weighted by Gasteiger charge is -2.28. The third-order valence-corrected chi connectivity index (χ3v) is 10.8. The fraction of sp³-hybridized carbons (Fsp3) is 0.442. The lowest BCUT2D eigenvalue weighted by Crippen LogP contribution is -2.35. The maximum absolute atomic E-state index is 14.0. The van der Waals surface area contributed by atoms with Gasteiger partial charge in [0.2, 0.25) is 0 Å². The molecule has 0 saturated carbocycles. The van der Waals surface area contributed by atoms with E-state index in [4.69, 9.17) is 18.9 Å². The lowest BCUT2D eigenvalue weighted by atomic mass is 9.84. The third-order valence-electron chi connectivity index (χ3n) is 10.8. The second-order valence-corrected chi connectivity index (χ2v) is 15.5. The molecule has 0 heterocycles. The molecule has 0 aromatic heterocycles. The first-order chi connectivity index (χ1) is 25.9. The molecule has 0 spiro atoms. The van der Waals surface area contributed by atoms with Crippen LogP contribution < -0.4 is 0 Å². The van der Waals surface area contributed by atoms with Crippen LogP contribution in [-0.2, 0) is 18.9 Å². The molecule has 12 heteroatoms. The molecule has 0 radical (unpaired) electrons. The molecule has 4 N–H and O–H groups in total. The van der Waals surface area contributed by atoms with Crippen molar-refractivity contribution in [3.05, 3.63) is 70.8 Å². The van der Waals surface area contributed by atoms with E-state index in [1.54, 1.807) is 79.7 Å². The summed E-state index contributed by atoms with van der Waals surface area (Å²) >= 11 is 0. The summed E-state index contributed by atoms with van der Waals surface area (Å²) in [5.74, 6) is -3.14. The molecule has 0 aliphatic carbocycles. The van der Waals surface area contributed by atoms with E-state index in [9.17, 15) is 39.6 Å². The Bertz CT molecular complexity index is 2190. The maximum Gasteiger partial charge on any atom is 0.339 e. The maximum atomic E-state index is 14.0. The number of aliphatic hydroxyl groups excluding tert-OH is 4. The fourth-order valence-electron chi connectivity index (χ4n) is 6.39. The highest BCUT2D eigenvalue weighted by Crippen LogP contribution is 2.45. The van der Waals surface area contributed by atoms with Crippen molar-refractivity contribution >= 4 is 67.0 Å². The summed E-state index contributed by atoms with van der Waals surface area (Å²) in [5, 5.41) is 43.8. The zero-order valence-corrected chi connectivity index (χ0v) is 32.6. The number of hydrogen-bond donors (Lipinski definition) is 4. The Hall–Kier alpha value is -4.88. The fourth-order valence-corrected chi connectivity index (χ4v) is 6.39. The van der Waals surface area contributed by atoms with Gasteiger partial charge in [-0.15, -0.1) is 0 Å². The van der Waals surface area contributed by atoms with Gasteiger partial charge in [-0.2, -0.15) is 0 Å². The molecule has 5 aromatic carbocycles. The summed E-state index contributed by atoms with van der Waals surface area (Å²) in [4.78, 5) is 55.9. The summed E-state index contributed by atoms with van der Waals surface area (Å²) in [6, 6.07) is 12.8. The van der Waals surface area contributed by atoms with E-state index in [2.05, 4.69) is 0 Å². The quantitative estimate of drug-likeness (QED) is 0.0388. The zero-order chi connectivity index (χ0) is 40.7. The van der Waals surface area contributed by atoms with Crippen molar-refractivity contribution in [3.63, 3.8) is 0 Å². The second kappa shape index (κ2) is 15.3. The minimum absolute atomic E-state index is 0.0297. The topological polar surface area (TPSA) is 186 Å². The molecule has 5 aromatic rings. The van der Waals surface area contributed by atoms with Crippen molar-refractivity contribution in [2.24, 2.45) is 0 Å². The highest BCUT2D eigenvalue weighted by atomic mass is 16.6. The molecule has 3 atom stereocenters. The predicted molar refractivity (Wildman–Crippen MR) is 208 cm³/mol. The first kappa shape index (κ1) is 41.3. The molecule has 5 rings (SSSR count). The van der Waals surface area contributed by atoms with Crippen LogP contribution >= 0.6 is 0 Å². The number of fused-ring (bicyclic) bond motifs is 2. The molecular weight excluding hydrogens is 708 g/mol. The van der Waals surface area contributed by atoms with Crippen molar-refractivity contribution in [3.8, 4) is 0 Å². The number of ether oxygens (including phenoxy) is 4. The Morgan fingerprint density at radius 1 is 0.418 bits per heavy atom. The van der Waals surface area contributed by atoms with Gasteiger partial charge < -0.3 is 39.4 Å². The van der Waals surface area contributed by atoms with Crippen LogP contribution in [0.5, 0.6) is 0 Å². The Morgan fingerprint density at radius 2 is 0.673 bits per heavy atom. The minimum atomic E-state index is -1.25. The summed E-state index contributed by atoms with van der Waals surface area (Å²) in [5.41, 5.74) is -4.74. The Labute approximate surface area is 319 Å². The van der Waals surface area contributed by atoms with Crippen LogP contribution in [0.3, 0.4) is 0 Å². The van der Waals surface area contributed by atoms with Crippen molar-refractivity contribution in [1.29, 1.82) is 0 Å². The van der Waals surface area contributed by atoms with Gasteiger partial charge in [0.1, 0.15) is 22.4 Å². The number of benzene rings is 5. The summed E-state index contributed by atoms with van der Waals surface area (Å²) in [6.45, 7) is 11.4. The van der Waals surface area contributed by atoms with Gasteiger partial charge in [0.15, 0.2) is 0 Å². The van der Waals surface area contributed by atoms with Crippen LogP contribution in [0.25, 0.3) is 43.1 Å². The van der Waals surface area contributed by atoms with Crippen LogP contribution in [0.15, 0.2) is 48.5 Å². The molecule has 0 saturated heterocycles. The lowest BCUT2D eigenvalue weighted by molar-refractivity contribution is -0.0392. The molecule has 12 nitrogen and oxygen atoms in total. The van der Waals surface area contributed by atoms with Gasteiger partial charge in [0, 0.05) is 10.8 Å². The highest BCUT2D eigenvalue weighted by molar-refractivity contribution is 6.38. The minimum Gasteiger partial charge on any atom is -0.454 e. The zero-order valence-electron chi connectivity index (χ0n) is 32.6. The summed E-state index contributed by atoms with van der Waals surface area (Å²) in [7, 11) is 0. The Morgan fingerprint density at radius 3 is 0.891 bits per heavy atom. The van der Waals surface area contributed by atoms with E-state index in [1.807, 2.05) is 0 Å². The molecule has 0 aliphatic rings. The highest BCUT2D eigenvalue weighted by Gasteiger charge is 2.34. The third kappa shape index (κ3) is 7.56. The van der Waals surface area contributed by atoms with Crippen LogP contribution in [-0.4, -0.2) is 93.1 Å². The second-order valence-electron chi connectivity index (χ2n) is 15.5. The van der Waals surface area contributed by atoms with Gasteiger partial charge in [0.05, 0.1) is 48.7 Å². The normalized spacial score (nSPS) is 15.4. The average Bonchev–Trinajstić information content (AvgIpc) is 3.18. The van der Waals surface area contributed by atoms with Crippen LogP contribution in [0, 0.1) is 0 Å². The number of carbonyl (C=O) groups is 4. The van der Waals surface area contributed by atoms with E-state index < -0.39 is 72.7 Å². The van der Waals surface area contributed by atoms with Crippen molar-refractivity contribution in [2.75, 3.05) is 26.4 Å². The van der Waals surface area contributed by atoms with Gasteiger partial charge in [-0.1, -0.05) is 45.0 Å². The average molecular weight is 759 g/mol. The molecule has 0 fully saturated rings. The van der Waals surface area contributed by atoms with Crippen molar-refractivity contribution in [2.45, 2.75) is 97.1 Å². The number of aliphatic hydroxyl groups is 4. The van der Waals surface area contributed by atoms with Crippen molar-refractivity contribution in [1.82, 2.24) is 0 Å². The molecule has 3 unspecified atom stereocenters. The van der Waals surface area contributed by atoms with Gasteiger partial charge in [-0.25, -0.2) is 19.2 Å². The predicted octanol–water partition coefficient (Wildman–Crippen LogP) is 6.62. The molecule has 55 heavy (non-hydrogen) atoms. The number of hydrogen-bond acceptors (Lipinski definition) is 12. The van der Waals surface area contributed by atoms with Gasteiger partial charge in [0.25, 0.3) is 0 Å². The van der Waals surface area contributed by atoms with E-state index >= 15 is 0 Å². The first-order valence-electron chi connectivity index (χ1n) is 18.5. The monoisotopic (exact) mass is 758 g/mol. The van der Waals surface area contributed by atoms with Crippen LogP contribution in [0.4, 0.5) is 0 Å². The number of esters is 4. The Kier molecular flexibility index (Phi) is 11.5. The first-order valence-corrected chi connectivity index (χ1v) is 18.5. The molecule has 0 bridgehead atoms. The standard InChI is InChI=1S/C43H50O12/c1-9-41(6,21-45)53-37(49)29-17-13-25-27-15-19-31(39(51)55-43(8,11-3)23-47)35-30(38(50)54-42(7,10-2)22-46)18-14-26(33(27)35)24-12-16-28(34(29)32(24)25)36(48)52-40(4,5)20-44/h12-19,44-47H,9-11,20-23H2,1-8H3. The van der Waals surface area contributed by atoms with Crippen LogP contribution in [0.1, 0.15) is 116 Å². The van der Waals surface area contributed by atoms with Gasteiger partial charge in [-0.3, -0.25) is 0 Å². The smallest absolute Gasteiger partial charge is 0.339 e. The van der Waals surface area contributed by atoms with E-state index in [-0.39, 0.29) is 33.0 Å². The van der Waals surface area contributed by atoms with E-state index in [1.165, 1.54) is 24.3 Å². The van der Waals surface area contributed by atoms with Crippen molar-refractivity contribution < 1.29 is 58.6 Å². The Balaban J connectivity index is 1.92. The van der Waals surface area contributed by atoms with Gasteiger partial charge >= 0.3 is 23.9 Å². The largest absolute Gasteiger partial charge is 0.454 e. The number of rotatable bonds is 15. The molecule has 294 valence electrons. The molecular formula is C43H50O12. The summed E-state index contributed by atoms with van der Waals surface area (Å²) in [6.07, 6.45) is 0.937. The van der Waals surface area contributed by atoms with Crippen LogP contribution in [0.2, 0.25) is 0 Å². The SMILES string of the molecule is CCC(C)(CO)OC(=O)c1ccc2c3ccc(C(=O)OC(C)(CC)CO)c4c(C(=O)OC(C)(CC)CO)ccc(c5ccc(C(=O)OC(C)(C)CO)c1c52)c43. The van der Waals surface area contributed by atoms with E-state index in [0.29, 0.717) is 51.6 Å². The summed E-state index contributed by atoms with van der Waals surface area (Å²) < 4.78 is 23.2. The van der Waals surface area contributed by atoms with Gasteiger partial charge in [-0.05, 0) is 110 Å².